The molecule has 140 valence electrons. The van der Waals surface area contributed by atoms with E-state index in [1.165, 1.54) is 33.4 Å². The van der Waals surface area contributed by atoms with E-state index in [1.54, 1.807) is 0 Å². The molecule has 2 aromatic carbocycles. The lowest BCUT2D eigenvalue weighted by Gasteiger charge is -2.28. The number of rotatable bonds is 0. The molecule has 0 radical (unpaired) electrons. The van der Waals surface area contributed by atoms with E-state index in [0.717, 1.165) is 34.2 Å². The summed E-state index contributed by atoms with van der Waals surface area (Å²) in [6, 6.07) is 13.4. The van der Waals surface area contributed by atoms with Crippen LogP contribution in [-0.2, 0) is 5.41 Å². The van der Waals surface area contributed by atoms with E-state index in [4.69, 9.17) is 19.9 Å². The van der Waals surface area contributed by atoms with Crippen LogP contribution in [0.3, 0.4) is 0 Å². The second kappa shape index (κ2) is 5.35. The monoisotopic (exact) mass is 376 g/mol. The lowest BCUT2D eigenvalue weighted by molar-refractivity contribution is 0.717. The first-order chi connectivity index (χ1) is 14.0. The molecule has 6 rings (SSSR count). The van der Waals surface area contributed by atoms with Gasteiger partial charge in [0.2, 0.25) is 0 Å². The molecule has 0 N–H and O–H groups in total. The van der Waals surface area contributed by atoms with Crippen molar-refractivity contribution in [2.24, 2.45) is 0 Å². The fraction of sp³-hybridized carbons (Fsp3) is 0.200. The van der Waals surface area contributed by atoms with E-state index in [0.29, 0.717) is 0 Å². The number of aromatic nitrogens is 4. The third-order valence-electron chi connectivity index (χ3n) is 6.17. The summed E-state index contributed by atoms with van der Waals surface area (Å²) in [4.78, 5) is 19.6. The smallest absolute Gasteiger partial charge is 0.114 e. The lowest BCUT2D eigenvalue weighted by Crippen LogP contribution is -2.29. The minimum Gasteiger partial charge on any atom is -0.252 e. The van der Waals surface area contributed by atoms with Gasteiger partial charge < -0.3 is 0 Å². The molecule has 29 heavy (non-hydrogen) atoms. The van der Waals surface area contributed by atoms with Gasteiger partial charge >= 0.3 is 0 Å². The highest BCUT2D eigenvalue weighted by atomic mass is 15.0. The normalized spacial score (nSPS) is 14.5. The van der Waals surface area contributed by atoms with Crippen molar-refractivity contribution in [2.45, 2.75) is 33.1 Å². The summed E-state index contributed by atoms with van der Waals surface area (Å²) in [6.07, 6.45) is 3.65. The molecule has 4 nitrogen and oxygen atoms in total. The number of hydrogen-bond donors (Lipinski definition) is 0. The first-order valence-electron chi connectivity index (χ1n) is 9.91. The number of hydrogen-bond acceptors (Lipinski definition) is 4. The molecular weight excluding hydrogens is 356 g/mol. The van der Waals surface area contributed by atoms with Gasteiger partial charge in [0.25, 0.3) is 0 Å². The Hall–Kier alpha value is -3.40. The highest BCUT2D eigenvalue weighted by molar-refractivity contribution is 5.91. The van der Waals surface area contributed by atoms with E-state index >= 15 is 0 Å². The highest BCUT2D eigenvalue weighted by Crippen LogP contribution is 2.61. The van der Waals surface area contributed by atoms with Crippen LogP contribution >= 0.6 is 0 Å². The molecule has 0 fully saturated rings. The summed E-state index contributed by atoms with van der Waals surface area (Å²) < 4.78 is 0. The van der Waals surface area contributed by atoms with Gasteiger partial charge in [-0.1, -0.05) is 47.5 Å². The Morgan fingerprint density at radius 3 is 1.52 bits per heavy atom. The van der Waals surface area contributed by atoms with Crippen molar-refractivity contribution in [1.29, 1.82) is 0 Å². The first-order valence-corrected chi connectivity index (χ1v) is 9.91. The zero-order valence-corrected chi connectivity index (χ0v) is 16.9. The molecule has 1 spiro atoms. The first kappa shape index (κ1) is 16.5. The molecule has 2 heterocycles. The van der Waals surface area contributed by atoms with Crippen LogP contribution in [0.5, 0.6) is 0 Å². The fourth-order valence-electron chi connectivity index (χ4n) is 5.00. The van der Waals surface area contributed by atoms with Gasteiger partial charge in [0.15, 0.2) is 0 Å². The Morgan fingerprint density at radius 1 is 0.621 bits per heavy atom. The van der Waals surface area contributed by atoms with Crippen molar-refractivity contribution in [3.63, 3.8) is 0 Å². The predicted octanol–water partition coefficient (Wildman–Crippen LogP) is 4.84. The molecule has 0 amide bonds. The Balaban J connectivity index is 1.88. The van der Waals surface area contributed by atoms with E-state index in [9.17, 15) is 0 Å². The van der Waals surface area contributed by atoms with Crippen molar-refractivity contribution < 1.29 is 0 Å². The average Bonchev–Trinajstić information content (AvgIpc) is 3.13. The van der Waals surface area contributed by atoms with Gasteiger partial charge in [-0.15, -0.1) is 0 Å². The Bertz CT molecular complexity index is 1140. The van der Waals surface area contributed by atoms with Crippen LogP contribution in [0.1, 0.15) is 45.0 Å². The van der Waals surface area contributed by atoms with Crippen molar-refractivity contribution in [3.05, 3.63) is 93.8 Å². The zero-order chi connectivity index (χ0) is 19.9. The van der Waals surface area contributed by atoms with Crippen molar-refractivity contribution in [1.82, 2.24) is 19.9 Å². The van der Waals surface area contributed by atoms with Crippen LogP contribution in [0.4, 0.5) is 0 Å². The Kier molecular flexibility index (Phi) is 3.05. The van der Waals surface area contributed by atoms with Crippen LogP contribution < -0.4 is 0 Å². The molecule has 0 bridgehead atoms. The van der Waals surface area contributed by atoms with Gasteiger partial charge in [0.05, 0.1) is 22.8 Å². The zero-order valence-electron chi connectivity index (χ0n) is 16.9. The molecule has 2 aliphatic carbocycles. The van der Waals surface area contributed by atoms with Crippen LogP contribution in [0, 0.1) is 27.7 Å². The summed E-state index contributed by atoms with van der Waals surface area (Å²) in [7, 11) is 0. The fourth-order valence-corrected chi connectivity index (χ4v) is 5.00. The van der Waals surface area contributed by atoms with Crippen molar-refractivity contribution in [3.8, 4) is 22.5 Å². The lowest BCUT2D eigenvalue weighted by atomic mass is 9.74. The maximum atomic E-state index is 5.05. The molecule has 0 atom stereocenters. The summed E-state index contributed by atoms with van der Waals surface area (Å²) in [6.45, 7) is 8.28. The molecule has 2 aliphatic rings. The summed E-state index contributed by atoms with van der Waals surface area (Å²) in [5.41, 5.74) is 12.3. The maximum absolute atomic E-state index is 5.05. The van der Waals surface area contributed by atoms with Gasteiger partial charge in [-0.25, -0.2) is 0 Å². The Morgan fingerprint density at radius 2 is 1.07 bits per heavy atom. The maximum Gasteiger partial charge on any atom is 0.114 e. The third-order valence-corrected chi connectivity index (χ3v) is 6.17. The molecule has 0 saturated carbocycles. The summed E-state index contributed by atoms with van der Waals surface area (Å²) in [5.74, 6) is 0. The van der Waals surface area contributed by atoms with Crippen molar-refractivity contribution in [2.75, 3.05) is 0 Å². The van der Waals surface area contributed by atoms with E-state index in [2.05, 4.69) is 50.2 Å². The topological polar surface area (TPSA) is 51.6 Å². The van der Waals surface area contributed by atoms with Crippen molar-refractivity contribution >= 4 is 0 Å². The number of nitrogens with zero attached hydrogens (tertiary/aromatic N) is 4. The van der Waals surface area contributed by atoms with E-state index in [1.807, 2.05) is 26.2 Å². The van der Waals surface area contributed by atoms with Gasteiger partial charge in [-0.05, 0) is 49.9 Å². The quantitative estimate of drug-likeness (QED) is 0.380. The SMILES string of the molecule is Cc1ccc2c(c1)C1(c3cc(C)ccc3-2)c2nc(C)cnc2-c2ncc(C)nc21. The molecule has 0 aliphatic heterocycles. The van der Waals surface area contributed by atoms with E-state index < -0.39 is 5.41 Å². The van der Waals surface area contributed by atoms with Gasteiger partial charge in [0, 0.05) is 12.4 Å². The van der Waals surface area contributed by atoms with Crippen LogP contribution in [0.2, 0.25) is 0 Å². The molecule has 4 heteroatoms. The largest absolute Gasteiger partial charge is 0.252 e. The minimum absolute atomic E-state index is 0.564. The second-order valence-electron chi connectivity index (χ2n) is 8.27. The van der Waals surface area contributed by atoms with Gasteiger partial charge in [-0.2, -0.15) is 0 Å². The van der Waals surface area contributed by atoms with Crippen LogP contribution in [-0.4, -0.2) is 19.9 Å². The summed E-state index contributed by atoms with van der Waals surface area (Å²) in [5, 5.41) is 0. The molecule has 4 aromatic rings. The molecule has 0 saturated heterocycles. The number of aryl methyl sites for hydroxylation is 4. The number of fused-ring (bicyclic) bond motifs is 10. The Labute approximate surface area is 169 Å². The summed E-state index contributed by atoms with van der Waals surface area (Å²) >= 11 is 0. The predicted molar refractivity (Wildman–Crippen MR) is 113 cm³/mol. The van der Waals surface area contributed by atoms with Crippen LogP contribution in [0.15, 0.2) is 48.8 Å². The second-order valence-corrected chi connectivity index (χ2v) is 8.27. The average molecular weight is 376 g/mol. The van der Waals surface area contributed by atoms with Crippen LogP contribution in [0.25, 0.3) is 22.5 Å². The van der Waals surface area contributed by atoms with E-state index in [-0.39, 0.29) is 0 Å². The standard InChI is InChI=1S/C25H20N4/c1-13-5-7-17-18-8-6-14(2)10-20(18)25(19(17)9-13)23-21(26-11-15(3)28-23)22-24(25)29-16(4)12-27-22/h5-12H,1-4H3. The number of benzene rings is 2. The van der Waals surface area contributed by atoms with Gasteiger partial charge in [0.1, 0.15) is 16.8 Å². The third kappa shape index (κ3) is 1.93. The highest BCUT2D eigenvalue weighted by Gasteiger charge is 2.55. The molecular formula is C25H20N4. The minimum atomic E-state index is -0.564. The van der Waals surface area contributed by atoms with Gasteiger partial charge in [-0.3, -0.25) is 19.9 Å². The molecule has 2 aromatic heterocycles. The molecule has 0 unspecified atom stereocenters.